The van der Waals surface area contributed by atoms with Gasteiger partial charge < -0.3 is 15.6 Å². The van der Waals surface area contributed by atoms with Crippen LogP contribution in [0.5, 0.6) is 0 Å². The summed E-state index contributed by atoms with van der Waals surface area (Å²) in [5.74, 6) is 0.469. The van der Waals surface area contributed by atoms with Crippen molar-refractivity contribution in [2.75, 3.05) is 18.4 Å². The van der Waals surface area contributed by atoms with Gasteiger partial charge in [-0.25, -0.2) is 4.98 Å². The minimum Gasteiger partial charge on any atom is -0.338 e. The second-order valence-corrected chi connectivity index (χ2v) is 10.3. The van der Waals surface area contributed by atoms with Gasteiger partial charge in [0.25, 0.3) is 0 Å². The molecule has 5 aromatic heterocycles. The summed E-state index contributed by atoms with van der Waals surface area (Å²) in [5.41, 5.74) is 8.20. The van der Waals surface area contributed by atoms with E-state index in [1.165, 1.54) is 0 Å². The molecule has 1 aliphatic heterocycles. The fourth-order valence-electron chi connectivity index (χ4n) is 5.56. The van der Waals surface area contributed by atoms with Crippen molar-refractivity contribution in [1.29, 1.82) is 0 Å². The smallest absolute Gasteiger partial charge is 0.224 e. The lowest BCUT2D eigenvalue weighted by Gasteiger charge is -2.21. The van der Waals surface area contributed by atoms with E-state index in [1.54, 1.807) is 18.6 Å². The molecule has 9 heteroatoms. The van der Waals surface area contributed by atoms with Crippen LogP contribution in [0.25, 0.3) is 55.6 Å². The maximum Gasteiger partial charge on any atom is 0.224 e. The highest BCUT2D eigenvalue weighted by Crippen LogP contribution is 2.34. The van der Waals surface area contributed by atoms with Gasteiger partial charge in [0.1, 0.15) is 11.3 Å². The van der Waals surface area contributed by atoms with E-state index in [2.05, 4.69) is 52.9 Å². The van der Waals surface area contributed by atoms with Crippen molar-refractivity contribution in [3.05, 3.63) is 79.5 Å². The van der Waals surface area contributed by atoms with E-state index in [-0.39, 0.29) is 5.91 Å². The molecule has 0 aliphatic carbocycles. The summed E-state index contributed by atoms with van der Waals surface area (Å²) in [6.45, 7) is 1.96. The SMILES string of the molecule is O=C(CC1CCNCC1)Nc1cncc(-c2ccc3[nH]nc(-c4cc5c(-c6ccncc6)ccnc5[nH]4)c3c2)c1. The standard InChI is InChI=1S/C31H28N8O/c40-29(13-19-3-8-32-9-4-19)36-23-14-22(17-34-18-23)21-1-2-27-26(15-21)30(39-38-27)28-16-25-24(7-12-35-31(25)37-28)20-5-10-33-11-6-20/h1-2,5-7,10-12,14-19,32H,3-4,8-9,13H2,(H,35,37)(H,36,40)(H,38,39). The van der Waals surface area contributed by atoms with Crippen LogP contribution in [-0.4, -0.2) is 49.1 Å². The number of H-pyrrole nitrogens is 2. The summed E-state index contributed by atoms with van der Waals surface area (Å²) in [4.78, 5) is 29.2. The number of carbonyl (C=O) groups excluding carboxylic acids is 1. The van der Waals surface area contributed by atoms with Gasteiger partial charge in [-0.05, 0) is 91.0 Å². The third kappa shape index (κ3) is 4.71. The van der Waals surface area contributed by atoms with Crippen molar-refractivity contribution >= 4 is 33.5 Å². The third-order valence-corrected chi connectivity index (χ3v) is 7.63. The second kappa shape index (κ2) is 10.3. The van der Waals surface area contributed by atoms with E-state index in [0.29, 0.717) is 18.0 Å². The van der Waals surface area contributed by atoms with E-state index < -0.39 is 0 Å². The van der Waals surface area contributed by atoms with Gasteiger partial charge >= 0.3 is 0 Å². The van der Waals surface area contributed by atoms with Crippen LogP contribution in [0.1, 0.15) is 19.3 Å². The van der Waals surface area contributed by atoms with Crippen LogP contribution in [0.4, 0.5) is 5.69 Å². The van der Waals surface area contributed by atoms with Crippen LogP contribution in [0.2, 0.25) is 0 Å². The van der Waals surface area contributed by atoms with E-state index in [0.717, 1.165) is 81.5 Å². The van der Waals surface area contributed by atoms with Gasteiger partial charge in [-0.15, -0.1) is 0 Å². The van der Waals surface area contributed by atoms with Gasteiger partial charge in [0.05, 0.1) is 23.1 Å². The number of benzene rings is 1. The summed E-state index contributed by atoms with van der Waals surface area (Å²) in [5, 5.41) is 16.2. The van der Waals surface area contributed by atoms with Crippen molar-refractivity contribution in [1.82, 2.24) is 35.5 Å². The first-order valence-corrected chi connectivity index (χ1v) is 13.5. The Balaban J connectivity index is 1.19. The number of nitrogens with one attached hydrogen (secondary N) is 4. The third-order valence-electron chi connectivity index (χ3n) is 7.63. The lowest BCUT2D eigenvalue weighted by Crippen LogP contribution is -2.30. The molecule has 6 heterocycles. The summed E-state index contributed by atoms with van der Waals surface area (Å²) in [7, 11) is 0. The number of pyridine rings is 3. The summed E-state index contributed by atoms with van der Waals surface area (Å²) in [6.07, 6.45) is 11.5. The van der Waals surface area contributed by atoms with Crippen molar-refractivity contribution in [2.24, 2.45) is 5.92 Å². The average molecular weight is 529 g/mol. The minimum atomic E-state index is 0.0389. The van der Waals surface area contributed by atoms with Gasteiger partial charge in [-0.3, -0.25) is 19.9 Å². The first-order valence-electron chi connectivity index (χ1n) is 13.5. The predicted molar refractivity (Wildman–Crippen MR) is 156 cm³/mol. The molecule has 40 heavy (non-hydrogen) atoms. The van der Waals surface area contributed by atoms with Crippen LogP contribution in [0.3, 0.4) is 0 Å². The number of amides is 1. The van der Waals surface area contributed by atoms with Crippen LogP contribution < -0.4 is 10.6 Å². The molecule has 0 atom stereocenters. The quantitative estimate of drug-likeness (QED) is 0.224. The average Bonchev–Trinajstić information content (AvgIpc) is 3.62. The normalized spacial score (nSPS) is 14.1. The predicted octanol–water partition coefficient (Wildman–Crippen LogP) is 5.56. The largest absolute Gasteiger partial charge is 0.338 e. The maximum atomic E-state index is 12.7. The molecule has 0 bridgehead atoms. The van der Waals surface area contributed by atoms with Crippen LogP contribution >= 0.6 is 0 Å². The zero-order valence-electron chi connectivity index (χ0n) is 21.8. The summed E-state index contributed by atoms with van der Waals surface area (Å²) in [6, 6.07) is 16.2. The molecular weight excluding hydrogens is 500 g/mol. The van der Waals surface area contributed by atoms with Crippen LogP contribution in [0, 0.1) is 5.92 Å². The van der Waals surface area contributed by atoms with Gasteiger partial charge in [-0.2, -0.15) is 5.10 Å². The molecule has 198 valence electrons. The van der Waals surface area contributed by atoms with Gasteiger partial charge in [-0.1, -0.05) is 6.07 Å². The first kappa shape index (κ1) is 24.2. The molecule has 6 aromatic rings. The molecule has 1 aromatic carbocycles. The number of rotatable bonds is 6. The Hall–Kier alpha value is -4.89. The summed E-state index contributed by atoms with van der Waals surface area (Å²) < 4.78 is 0. The van der Waals surface area contributed by atoms with Crippen molar-refractivity contribution < 1.29 is 4.79 Å². The number of hydrogen-bond acceptors (Lipinski definition) is 6. The number of hydrogen-bond donors (Lipinski definition) is 4. The highest BCUT2D eigenvalue weighted by atomic mass is 16.1. The Kier molecular flexibility index (Phi) is 6.25. The molecule has 9 nitrogen and oxygen atoms in total. The number of piperidine rings is 1. The lowest BCUT2D eigenvalue weighted by atomic mass is 9.94. The maximum absolute atomic E-state index is 12.7. The topological polar surface area (TPSA) is 124 Å². The Labute approximate surface area is 230 Å². The molecule has 1 aliphatic rings. The van der Waals surface area contributed by atoms with Crippen molar-refractivity contribution in [3.8, 4) is 33.6 Å². The number of aromatic nitrogens is 6. The van der Waals surface area contributed by atoms with E-state index in [9.17, 15) is 4.79 Å². The Morgan fingerprint density at radius 2 is 1.75 bits per heavy atom. The molecule has 1 fully saturated rings. The monoisotopic (exact) mass is 528 g/mol. The Bertz CT molecular complexity index is 1820. The molecule has 7 rings (SSSR count). The van der Waals surface area contributed by atoms with E-state index in [1.807, 2.05) is 48.8 Å². The molecule has 0 unspecified atom stereocenters. The van der Waals surface area contributed by atoms with Gasteiger partial charge in [0.2, 0.25) is 5.91 Å². The number of fused-ring (bicyclic) bond motifs is 2. The molecule has 1 amide bonds. The Morgan fingerprint density at radius 1 is 0.875 bits per heavy atom. The molecular formula is C31H28N8O. The lowest BCUT2D eigenvalue weighted by molar-refractivity contribution is -0.117. The van der Waals surface area contributed by atoms with Crippen LogP contribution in [0.15, 0.2) is 79.5 Å². The Morgan fingerprint density at radius 3 is 2.62 bits per heavy atom. The number of aromatic amines is 2. The molecule has 0 radical (unpaired) electrons. The highest BCUT2D eigenvalue weighted by molar-refractivity contribution is 6.00. The molecule has 0 saturated carbocycles. The van der Waals surface area contributed by atoms with E-state index >= 15 is 0 Å². The second-order valence-electron chi connectivity index (χ2n) is 10.3. The van der Waals surface area contributed by atoms with E-state index in [4.69, 9.17) is 0 Å². The van der Waals surface area contributed by atoms with Crippen molar-refractivity contribution in [2.45, 2.75) is 19.3 Å². The number of carbonyl (C=O) groups is 1. The first-order chi connectivity index (χ1) is 19.7. The van der Waals surface area contributed by atoms with Gasteiger partial charge in [0.15, 0.2) is 0 Å². The zero-order valence-corrected chi connectivity index (χ0v) is 21.8. The fourth-order valence-corrected chi connectivity index (χ4v) is 5.56. The molecule has 4 N–H and O–H groups in total. The minimum absolute atomic E-state index is 0.0389. The fraction of sp³-hybridized carbons (Fsp3) is 0.194. The molecule has 1 saturated heterocycles. The molecule has 0 spiro atoms. The van der Waals surface area contributed by atoms with Crippen molar-refractivity contribution in [3.63, 3.8) is 0 Å². The zero-order chi connectivity index (χ0) is 26.9. The van der Waals surface area contributed by atoms with Crippen LogP contribution in [-0.2, 0) is 4.79 Å². The summed E-state index contributed by atoms with van der Waals surface area (Å²) >= 11 is 0. The number of anilines is 1. The van der Waals surface area contributed by atoms with Gasteiger partial charge in [0, 0.05) is 47.5 Å². The number of nitrogens with zero attached hydrogens (tertiary/aromatic N) is 4. The highest BCUT2D eigenvalue weighted by Gasteiger charge is 2.18.